The van der Waals surface area contributed by atoms with Gasteiger partial charge < -0.3 is 14.8 Å². The summed E-state index contributed by atoms with van der Waals surface area (Å²) in [6.45, 7) is 1.32. The molecule has 0 aliphatic rings. The number of nitrogens with zero attached hydrogens (tertiary/aromatic N) is 1. The topological polar surface area (TPSA) is 71.3 Å². The summed E-state index contributed by atoms with van der Waals surface area (Å²) in [5.74, 6) is 0.376. The van der Waals surface area contributed by atoms with Crippen LogP contribution in [-0.2, 0) is 4.79 Å². The standard InChI is InChI=1S/C13H14N2O3S/c1-9(16)18-12-8-10(4-5-11(12)17-2)15-13(19-3)6-7-14/h4-6,8,15H,1-3H3/b13-6-. The molecule has 0 bridgehead atoms. The number of nitriles is 1. The van der Waals surface area contributed by atoms with E-state index in [1.165, 1.54) is 31.9 Å². The van der Waals surface area contributed by atoms with Gasteiger partial charge in [-0.2, -0.15) is 5.26 Å². The van der Waals surface area contributed by atoms with E-state index in [0.29, 0.717) is 22.2 Å². The van der Waals surface area contributed by atoms with Crippen molar-refractivity contribution < 1.29 is 14.3 Å². The number of rotatable bonds is 5. The fourth-order valence-corrected chi connectivity index (χ4v) is 1.73. The van der Waals surface area contributed by atoms with Crippen molar-refractivity contribution in [2.24, 2.45) is 0 Å². The van der Waals surface area contributed by atoms with Gasteiger partial charge in [0.15, 0.2) is 11.5 Å². The number of hydrogen-bond acceptors (Lipinski definition) is 6. The Hall–Kier alpha value is -2.13. The van der Waals surface area contributed by atoms with Crippen LogP contribution in [0.3, 0.4) is 0 Å². The lowest BCUT2D eigenvalue weighted by atomic mass is 10.2. The fraction of sp³-hybridized carbons (Fsp3) is 0.231. The highest BCUT2D eigenvalue weighted by Gasteiger charge is 2.08. The van der Waals surface area contributed by atoms with E-state index in [9.17, 15) is 4.79 Å². The molecule has 0 heterocycles. The van der Waals surface area contributed by atoms with Gasteiger partial charge in [0.05, 0.1) is 18.2 Å². The van der Waals surface area contributed by atoms with Crippen LogP contribution >= 0.6 is 11.8 Å². The molecule has 1 aromatic rings. The molecule has 6 heteroatoms. The molecular weight excluding hydrogens is 264 g/mol. The van der Waals surface area contributed by atoms with Crippen LogP contribution < -0.4 is 14.8 Å². The van der Waals surface area contributed by atoms with Gasteiger partial charge in [0, 0.05) is 24.8 Å². The molecule has 0 aliphatic carbocycles. The maximum Gasteiger partial charge on any atom is 0.308 e. The third-order valence-corrected chi connectivity index (χ3v) is 2.76. The summed E-state index contributed by atoms with van der Waals surface area (Å²) < 4.78 is 10.2. The van der Waals surface area contributed by atoms with Crippen molar-refractivity contribution in [1.29, 1.82) is 5.26 Å². The van der Waals surface area contributed by atoms with Gasteiger partial charge in [-0.3, -0.25) is 4.79 Å². The Morgan fingerprint density at radius 3 is 2.74 bits per heavy atom. The second kappa shape index (κ2) is 7.34. The number of carbonyl (C=O) groups excluding carboxylic acids is 1. The Morgan fingerprint density at radius 2 is 2.21 bits per heavy atom. The monoisotopic (exact) mass is 278 g/mol. The van der Waals surface area contributed by atoms with Gasteiger partial charge in [-0.05, 0) is 18.4 Å². The molecular formula is C13H14N2O3S. The van der Waals surface area contributed by atoms with Crippen LogP contribution in [0.5, 0.6) is 11.5 Å². The van der Waals surface area contributed by atoms with E-state index in [1.54, 1.807) is 18.2 Å². The normalized spacial score (nSPS) is 10.5. The molecule has 0 unspecified atom stereocenters. The van der Waals surface area contributed by atoms with E-state index < -0.39 is 5.97 Å². The van der Waals surface area contributed by atoms with E-state index >= 15 is 0 Å². The minimum Gasteiger partial charge on any atom is -0.493 e. The van der Waals surface area contributed by atoms with Gasteiger partial charge in [0.2, 0.25) is 0 Å². The summed E-state index contributed by atoms with van der Waals surface area (Å²) in [7, 11) is 1.50. The number of anilines is 1. The van der Waals surface area contributed by atoms with Crippen LogP contribution in [0.1, 0.15) is 6.92 Å². The van der Waals surface area contributed by atoms with E-state index in [-0.39, 0.29) is 0 Å². The summed E-state index contributed by atoms with van der Waals surface area (Å²) in [6, 6.07) is 7.05. The molecule has 0 amide bonds. The van der Waals surface area contributed by atoms with Crippen LogP contribution in [0.25, 0.3) is 0 Å². The Labute approximate surface area is 116 Å². The largest absolute Gasteiger partial charge is 0.493 e. The Balaban J connectivity index is 3.01. The zero-order chi connectivity index (χ0) is 14.3. The smallest absolute Gasteiger partial charge is 0.308 e. The van der Waals surface area contributed by atoms with Gasteiger partial charge in [-0.15, -0.1) is 11.8 Å². The van der Waals surface area contributed by atoms with Crippen LogP contribution in [0.2, 0.25) is 0 Å². The molecule has 0 aliphatic heterocycles. The quantitative estimate of drug-likeness (QED) is 0.507. The minimum absolute atomic E-state index is 0.331. The molecule has 0 fully saturated rings. The van der Waals surface area contributed by atoms with Gasteiger partial charge in [0.25, 0.3) is 0 Å². The van der Waals surface area contributed by atoms with E-state index in [4.69, 9.17) is 14.7 Å². The number of thioether (sulfide) groups is 1. The SMILES string of the molecule is COc1ccc(N/C(=C/C#N)SC)cc1OC(C)=O. The third-order valence-electron chi connectivity index (χ3n) is 2.10. The summed E-state index contributed by atoms with van der Waals surface area (Å²) in [4.78, 5) is 11.0. The van der Waals surface area contributed by atoms with Crippen molar-refractivity contribution in [2.75, 3.05) is 18.7 Å². The maximum atomic E-state index is 11.0. The summed E-state index contributed by atoms with van der Waals surface area (Å²) in [5, 5.41) is 12.4. The first-order chi connectivity index (χ1) is 9.10. The van der Waals surface area contributed by atoms with Gasteiger partial charge >= 0.3 is 5.97 Å². The average molecular weight is 278 g/mol. The number of methoxy groups -OCH3 is 1. The maximum absolute atomic E-state index is 11.0. The molecule has 1 aromatic carbocycles. The summed E-state index contributed by atoms with van der Waals surface area (Å²) in [6.07, 6.45) is 3.26. The van der Waals surface area contributed by atoms with Crippen LogP contribution in [0.4, 0.5) is 5.69 Å². The molecule has 0 radical (unpaired) electrons. The Morgan fingerprint density at radius 1 is 1.47 bits per heavy atom. The predicted molar refractivity (Wildman–Crippen MR) is 75.1 cm³/mol. The zero-order valence-electron chi connectivity index (χ0n) is 10.9. The van der Waals surface area contributed by atoms with Crippen LogP contribution in [0.15, 0.2) is 29.3 Å². The third kappa shape index (κ3) is 4.56. The fourth-order valence-electron chi connectivity index (χ4n) is 1.34. The van der Waals surface area contributed by atoms with Crippen LogP contribution in [0, 0.1) is 11.3 Å². The Kier molecular flexibility index (Phi) is 5.76. The number of benzene rings is 1. The van der Waals surface area contributed by atoms with E-state index in [1.807, 2.05) is 12.3 Å². The van der Waals surface area contributed by atoms with Crippen molar-refractivity contribution in [3.05, 3.63) is 29.3 Å². The van der Waals surface area contributed by atoms with Gasteiger partial charge in [-0.25, -0.2) is 0 Å². The molecule has 1 rings (SSSR count). The molecule has 19 heavy (non-hydrogen) atoms. The molecule has 0 aromatic heterocycles. The molecule has 0 saturated carbocycles. The number of carbonyl (C=O) groups is 1. The average Bonchev–Trinajstić information content (AvgIpc) is 2.38. The van der Waals surface area contributed by atoms with Crippen molar-refractivity contribution >= 4 is 23.4 Å². The van der Waals surface area contributed by atoms with Crippen LogP contribution in [-0.4, -0.2) is 19.3 Å². The highest BCUT2D eigenvalue weighted by molar-refractivity contribution is 8.02. The lowest BCUT2D eigenvalue weighted by molar-refractivity contribution is -0.132. The second-order valence-electron chi connectivity index (χ2n) is 3.43. The van der Waals surface area contributed by atoms with Gasteiger partial charge in [0.1, 0.15) is 0 Å². The number of esters is 1. The highest BCUT2D eigenvalue weighted by Crippen LogP contribution is 2.31. The first-order valence-electron chi connectivity index (χ1n) is 5.38. The molecule has 1 N–H and O–H groups in total. The first-order valence-corrected chi connectivity index (χ1v) is 6.60. The molecule has 100 valence electrons. The Bertz CT molecular complexity index is 535. The minimum atomic E-state index is -0.423. The highest BCUT2D eigenvalue weighted by atomic mass is 32.2. The van der Waals surface area contributed by atoms with Gasteiger partial charge in [-0.1, -0.05) is 0 Å². The summed E-state index contributed by atoms with van der Waals surface area (Å²) in [5.41, 5.74) is 0.702. The molecule has 5 nitrogen and oxygen atoms in total. The van der Waals surface area contributed by atoms with Crippen molar-refractivity contribution in [3.63, 3.8) is 0 Å². The number of ether oxygens (including phenoxy) is 2. The zero-order valence-corrected chi connectivity index (χ0v) is 11.7. The summed E-state index contributed by atoms with van der Waals surface area (Å²) >= 11 is 1.41. The number of hydrogen-bond donors (Lipinski definition) is 1. The van der Waals surface area contributed by atoms with Crippen molar-refractivity contribution in [3.8, 4) is 17.6 Å². The molecule has 0 saturated heterocycles. The first kappa shape index (κ1) is 14.9. The number of nitrogens with one attached hydrogen (secondary N) is 1. The van der Waals surface area contributed by atoms with Crippen molar-refractivity contribution in [2.45, 2.75) is 6.92 Å². The van der Waals surface area contributed by atoms with E-state index in [0.717, 1.165) is 0 Å². The van der Waals surface area contributed by atoms with E-state index in [2.05, 4.69) is 5.32 Å². The second-order valence-corrected chi connectivity index (χ2v) is 4.27. The molecule has 0 spiro atoms. The lowest BCUT2D eigenvalue weighted by Crippen LogP contribution is -2.04. The van der Waals surface area contributed by atoms with Crippen molar-refractivity contribution in [1.82, 2.24) is 0 Å². The lowest BCUT2D eigenvalue weighted by Gasteiger charge is -2.12. The molecule has 0 atom stereocenters. The number of allylic oxidation sites excluding steroid dienone is 1. The predicted octanol–water partition coefficient (Wildman–Crippen LogP) is 2.76.